The minimum atomic E-state index is -0.464. The molecule has 3 nitrogen and oxygen atoms in total. The standard InChI is InChI=1S/C17H9Cl2NO2S2/c18-12-5-1-10(2-6-12)9-14-16(22)20(17(23)24-14)15(21)11-3-7-13(19)8-4-11/h1-9H/b14-9+. The Morgan fingerprint density at radius 3 is 2.12 bits per heavy atom. The summed E-state index contributed by atoms with van der Waals surface area (Å²) >= 11 is 18.0. The number of thiocarbonyl (C=S) groups is 1. The fourth-order valence-electron chi connectivity index (χ4n) is 2.07. The first-order valence-electron chi connectivity index (χ1n) is 6.79. The summed E-state index contributed by atoms with van der Waals surface area (Å²) in [7, 11) is 0. The molecular weight excluding hydrogens is 385 g/mol. The third kappa shape index (κ3) is 3.54. The highest BCUT2D eigenvalue weighted by Crippen LogP contribution is 2.33. The molecule has 0 spiro atoms. The molecule has 0 aliphatic carbocycles. The fourth-order valence-corrected chi connectivity index (χ4v) is 3.58. The number of rotatable bonds is 2. The molecule has 0 bridgehead atoms. The van der Waals surface area contributed by atoms with Crippen molar-refractivity contribution >= 4 is 69.4 Å². The van der Waals surface area contributed by atoms with E-state index < -0.39 is 11.8 Å². The molecule has 1 fully saturated rings. The monoisotopic (exact) mass is 393 g/mol. The first kappa shape index (κ1) is 17.2. The van der Waals surface area contributed by atoms with Crippen LogP contribution in [0, 0.1) is 0 Å². The summed E-state index contributed by atoms with van der Waals surface area (Å²) in [6.07, 6.45) is 1.69. The normalized spacial score (nSPS) is 16.1. The van der Waals surface area contributed by atoms with Crippen molar-refractivity contribution in [2.24, 2.45) is 0 Å². The van der Waals surface area contributed by atoms with Gasteiger partial charge in [-0.25, -0.2) is 4.90 Å². The molecule has 7 heteroatoms. The van der Waals surface area contributed by atoms with Crippen LogP contribution in [0.5, 0.6) is 0 Å². The fraction of sp³-hybridized carbons (Fsp3) is 0. The Morgan fingerprint density at radius 1 is 1.00 bits per heavy atom. The number of hydrogen-bond acceptors (Lipinski definition) is 4. The van der Waals surface area contributed by atoms with Crippen LogP contribution < -0.4 is 0 Å². The third-order valence-electron chi connectivity index (χ3n) is 3.26. The van der Waals surface area contributed by atoms with Crippen LogP contribution in [0.2, 0.25) is 10.0 Å². The van der Waals surface area contributed by atoms with E-state index in [9.17, 15) is 9.59 Å². The summed E-state index contributed by atoms with van der Waals surface area (Å²) in [5, 5.41) is 1.12. The average molecular weight is 394 g/mol. The Balaban J connectivity index is 1.87. The molecule has 3 rings (SSSR count). The number of imide groups is 1. The van der Waals surface area contributed by atoms with Gasteiger partial charge in [-0.15, -0.1) is 0 Å². The first-order valence-corrected chi connectivity index (χ1v) is 8.77. The van der Waals surface area contributed by atoms with Crippen molar-refractivity contribution in [3.05, 3.63) is 74.6 Å². The van der Waals surface area contributed by atoms with Crippen molar-refractivity contribution < 1.29 is 9.59 Å². The average Bonchev–Trinajstić information content (AvgIpc) is 2.83. The topological polar surface area (TPSA) is 37.4 Å². The van der Waals surface area contributed by atoms with Crippen LogP contribution in [0.25, 0.3) is 6.08 Å². The van der Waals surface area contributed by atoms with Crippen LogP contribution in [0.15, 0.2) is 53.4 Å². The van der Waals surface area contributed by atoms with Crippen LogP contribution in [-0.2, 0) is 4.79 Å². The Kier molecular flexibility index (Phi) is 5.06. The van der Waals surface area contributed by atoms with Gasteiger partial charge < -0.3 is 0 Å². The highest BCUT2D eigenvalue weighted by molar-refractivity contribution is 8.26. The molecule has 1 saturated heterocycles. The Hall–Kier alpha value is -1.66. The van der Waals surface area contributed by atoms with Gasteiger partial charge in [0.25, 0.3) is 11.8 Å². The lowest BCUT2D eigenvalue weighted by atomic mass is 10.2. The predicted molar refractivity (Wildman–Crippen MR) is 102 cm³/mol. The number of benzene rings is 2. The summed E-state index contributed by atoms with van der Waals surface area (Å²) in [5.41, 5.74) is 1.15. The molecular formula is C17H9Cl2NO2S2. The molecule has 0 radical (unpaired) electrons. The molecule has 2 amide bonds. The largest absolute Gasteiger partial charge is 0.273 e. The molecule has 0 unspecified atom stereocenters. The van der Waals surface area contributed by atoms with E-state index in [0.717, 1.165) is 22.2 Å². The Morgan fingerprint density at radius 2 is 1.54 bits per heavy atom. The molecule has 2 aromatic rings. The molecule has 24 heavy (non-hydrogen) atoms. The number of thioether (sulfide) groups is 1. The molecule has 1 aliphatic rings. The van der Waals surface area contributed by atoms with Gasteiger partial charge in [0.05, 0.1) is 4.91 Å². The van der Waals surface area contributed by atoms with Crippen molar-refractivity contribution in [3.8, 4) is 0 Å². The van der Waals surface area contributed by atoms with Crippen molar-refractivity contribution in [1.29, 1.82) is 0 Å². The number of carbonyl (C=O) groups excluding carboxylic acids is 2. The van der Waals surface area contributed by atoms with Crippen molar-refractivity contribution in [2.45, 2.75) is 0 Å². The van der Waals surface area contributed by atoms with Crippen LogP contribution in [-0.4, -0.2) is 21.0 Å². The van der Waals surface area contributed by atoms with Gasteiger partial charge in [0.2, 0.25) is 0 Å². The zero-order chi connectivity index (χ0) is 17.3. The van der Waals surface area contributed by atoms with Gasteiger partial charge in [-0.2, -0.15) is 0 Å². The Bertz CT molecular complexity index is 861. The van der Waals surface area contributed by atoms with E-state index in [4.69, 9.17) is 35.4 Å². The van der Waals surface area contributed by atoms with Gasteiger partial charge in [-0.1, -0.05) is 59.3 Å². The molecule has 0 atom stereocenters. The lowest BCUT2D eigenvalue weighted by molar-refractivity contribution is -0.120. The second-order valence-corrected chi connectivity index (χ2v) is 7.43. The summed E-state index contributed by atoms with van der Waals surface area (Å²) in [5.74, 6) is -0.895. The minimum Gasteiger partial charge on any atom is -0.268 e. The number of amides is 2. The second kappa shape index (κ2) is 7.07. The van der Waals surface area contributed by atoms with E-state index in [2.05, 4.69) is 0 Å². The van der Waals surface area contributed by atoms with Crippen molar-refractivity contribution in [1.82, 2.24) is 4.90 Å². The maximum absolute atomic E-state index is 12.5. The minimum absolute atomic E-state index is 0.208. The van der Waals surface area contributed by atoms with Crippen LogP contribution in [0.4, 0.5) is 0 Å². The number of halogens is 2. The summed E-state index contributed by atoms with van der Waals surface area (Å²) in [4.78, 5) is 26.5. The maximum Gasteiger partial charge on any atom is 0.273 e. The van der Waals surface area contributed by atoms with Crippen molar-refractivity contribution in [3.63, 3.8) is 0 Å². The van der Waals surface area contributed by atoms with Gasteiger partial charge in [-0.3, -0.25) is 9.59 Å². The highest BCUT2D eigenvalue weighted by Gasteiger charge is 2.37. The quantitative estimate of drug-likeness (QED) is 0.407. The van der Waals surface area contributed by atoms with E-state index in [0.29, 0.717) is 20.5 Å². The molecule has 1 aliphatic heterocycles. The summed E-state index contributed by atoms with van der Waals surface area (Å²) in [6, 6.07) is 13.3. The van der Waals surface area contributed by atoms with E-state index >= 15 is 0 Å². The SMILES string of the molecule is O=C1/C(=C\c2ccc(Cl)cc2)SC(=S)N1C(=O)c1ccc(Cl)cc1. The van der Waals surface area contributed by atoms with Gasteiger partial charge >= 0.3 is 0 Å². The number of nitrogens with zero attached hydrogens (tertiary/aromatic N) is 1. The van der Waals surface area contributed by atoms with E-state index in [1.807, 2.05) is 0 Å². The smallest absolute Gasteiger partial charge is 0.268 e. The molecule has 120 valence electrons. The molecule has 0 saturated carbocycles. The van der Waals surface area contributed by atoms with Gasteiger partial charge in [-0.05, 0) is 48.0 Å². The lowest BCUT2D eigenvalue weighted by Gasteiger charge is -2.12. The molecule has 0 aromatic heterocycles. The zero-order valence-corrected chi connectivity index (χ0v) is 15.2. The predicted octanol–water partition coefficient (Wildman–Crippen LogP) is 5.04. The van der Waals surface area contributed by atoms with E-state index in [1.165, 1.54) is 0 Å². The third-order valence-corrected chi connectivity index (χ3v) is 5.06. The zero-order valence-electron chi connectivity index (χ0n) is 12.0. The summed E-state index contributed by atoms with van der Waals surface area (Å²) < 4.78 is 0.208. The van der Waals surface area contributed by atoms with Crippen LogP contribution >= 0.6 is 47.2 Å². The van der Waals surface area contributed by atoms with Crippen LogP contribution in [0.3, 0.4) is 0 Å². The number of hydrogen-bond donors (Lipinski definition) is 0. The van der Waals surface area contributed by atoms with E-state index in [1.54, 1.807) is 54.6 Å². The van der Waals surface area contributed by atoms with Crippen LogP contribution in [0.1, 0.15) is 15.9 Å². The summed E-state index contributed by atoms with van der Waals surface area (Å²) in [6.45, 7) is 0. The van der Waals surface area contributed by atoms with E-state index in [-0.39, 0.29) is 4.32 Å². The van der Waals surface area contributed by atoms with Gasteiger partial charge in [0.1, 0.15) is 0 Å². The second-order valence-electron chi connectivity index (χ2n) is 4.88. The lowest BCUT2D eigenvalue weighted by Crippen LogP contribution is -2.34. The highest BCUT2D eigenvalue weighted by atomic mass is 35.5. The molecule has 1 heterocycles. The van der Waals surface area contributed by atoms with Gasteiger partial charge in [0, 0.05) is 15.6 Å². The molecule has 2 aromatic carbocycles. The Labute approximate surface area is 158 Å². The van der Waals surface area contributed by atoms with Crippen molar-refractivity contribution in [2.75, 3.05) is 0 Å². The first-order chi connectivity index (χ1) is 11.5. The molecule has 0 N–H and O–H groups in total. The number of carbonyl (C=O) groups is 2. The maximum atomic E-state index is 12.5. The van der Waals surface area contributed by atoms with Gasteiger partial charge in [0.15, 0.2) is 4.32 Å².